The summed E-state index contributed by atoms with van der Waals surface area (Å²) in [7, 11) is 0. The van der Waals surface area contributed by atoms with Crippen LogP contribution in [0.15, 0.2) is 24.3 Å². The second-order valence-corrected chi connectivity index (χ2v) is 8.52. The van der Waals surface area contributed by atoms with Crippen molar-refractivity contribution in [3.63, 3.8) is 0 Å². The van der Waals surface area contributed by atoms with Crippen LogP contribution in [0.2, 0.25) is 0 Å². The number of alkyl halides is 3. The Bertz CT molecular complexity index is 1300. The quantitative estimate of drug-likeness (QED) is 0.506. The molecule has 0 atom stereocenters. The van der Waals surface area contributed by atoms with Gasteiger partial charge in [0.05, 0.1) is 18.8 Å². The summed E-state index contributed by atoms with van der Waals surface area (Å²) in [6, 6.07) is 4.11. The molecule has 4 heterocycles. The SMILES string of the molecule is O=C(COc1ccc(OC(F)(F)F)cc1F)N1CCc2cc(C(=O)N3CCc4[nH]nnc4C3)nn2CC1. The van der Waals surface area contributed by atoms with Gasteiger partial charge in [-0.15, -0.1) is 18.3 Å². The zero-order valence-corrected chi connectivity index (χ0v) is 19.3. The highest BCUT2D eigenvalue weighted by atomic mass is 19.4. The number of amides is 2. The van der Waals surface area contributed by atoms with Gasteiger partial charge in [-0.1, -0.05) is 5.21 Å². The number of hydrogen-bond donors (Lipinski definition) is 1. The summed E-state index contributed by atoms with van der Waals surface area (Å²) in [4.78, 5) is 28.8. The van der Waals surface area contributed by atoms with Crippen molar-refractivity contribution < 1.29 is 36.6 Å². The van der Waals surface area contributed by atoms with E-state index < -0.39 is 30.4 Å². The topological polar surface area (TPSA) is 118 Å². The largest absolute Gasteiger partial charge is 0.573 e. The molecule has 5 rings (SSSR count). The normalized spacial score (nSPS) is 15.6. The molecular weight excluding hydrogens is 502 g/mol. The maximum atomic E-state index is 14.1. The van der Waals surface area contributed by atoms with Crippen LogP contribution >= 0.6 is 0 Å². The van der Waals surface area contributed by atoms with Gasteiger partial charge < -0.3 is 19.3 Å². The Labute approximate surface area is 206 Å². The maximum Gasteiger partial charge on any atom is 0.573 e. The minimum atomic E-state index is -4.95. The van der Waals surface area contributed by atoms with Crippen LogP contribution in [0.25, 0.3) is 0 Å². The predicted octanol–water partition coefficient (Wildman–Crippen LogP) is 1.70. The van der Waals surface area contributed by atoms with E-state index in [4.69, 9.17) is 4.74 Å². The molecule has 1 aromatic carbocycles. The van der Waals surface area contributed by atoms with E-state index in [1.54, 1.807) is 15.6 Å². The van der Waals surface area contributed by atoms with Gasteiger partial charge in [-0.3, -0.25) is 19.4 Å². The average molecular weight is 523 g/mol. The van der Waals surface area contributed by atoms with E-state index in [1.165, 1.54) is 4.90 Å². The molecule has 196 valence electrons. The zero-order chi connectivity index (χ0) is 26.2. The number of aromatic amines is 1. The summed E-state index contributed by atoms with van der Waals surface area (Å²) in [5.41, 5.74) is 2.78. The third-order valence-electron chi connectivity index (χ3n) is 6.11. The molecule has 1 N–H and O–H groups in total. The molecule has 15 heteroatoms. The third kappa shape index (κ3) is 5.49. The van der Waals surface area contributed by atoms with Gasteiger partial charge in [0.25, 0.3) is 11.8 Å². The lowest BCUT2D eigenvalue weighted by Crippen LogP contribution is -2.37. The highest BCUT2D eigenvalue weighted by Crippen LogP contribution is 2.27. The first kappa shape index (κ1) is 24.5. The molecule has 0 saturated heterocycles. The van der Waals surface area contributed by atoms with E-state index in [9.17, 15) is 27.2 Å². The third-order valence-corrected chi connectivity index (χ3v) is 6.11. The Kier molecular flexibility index (Phi) is 6.43. The first-order valence-corrected chi connectivity index (χ1v) is 11.4. The molecule has 2 amide bonds. The molecular formula is C22H21F4N7O4. The van der Waals surface area contributed by atoms with Crippen molar-refractivity contribution >= 4 is 11.8 Å². The van der Waals surface area contributed by atoms with Crippen LogP contribution in [-0.2, 0) is 30.7 Å². The first-order chi connectivity index (χ1) is 17.7. The van der Waals surface area contributed by atoms with Gasteiger partial charge in [-0.05, 0) is 18.2 Å². The maximum absolute atomic E-state index is 14.1. The van der Waals surface area contributed by atoms with Crippen molar-refractivity contribution in [3.8, 4) is 11.5 Å². The smallest absolute Gasteiger partial charge is 0.481 e. The lowest BCUT2D eigenvalue weighted by molar-refractivity contribution is -0.274. The number of H-pyrrole nitrogens is 1. The average Bonchev–Trinajstić information content (AvgIpc) is 3.44. The number of ether oxygens (including phenoxy) is 2. The van der Waals surface area contributed by atoms with Crippen LogP contribution < -0.4 is 9.47 Å². The molecule has 0 fully saturated rings. The van der Waals surface area contributed by atoms with Crippen molar-refractivity contribution in [3.05, 3.63) is 52.9 Å². The van der Waals surface area contributed by atoms with Crippen LogP contribution in [0.5, 0.6) is 11.5 Å². The number of benzene rings is 1. The van der Waals surface area contributed by atoms with Gasteiger partial charge in [0.1, 0.15) is 11.4 Å². The minimum Gasteiger partial charge on any atom is -0.481 e. The van der Waals surface area contributed by atoms with Crippen LogP contribution in [-0.4, -0.2) is 79.4 Å². The Balaban J connectivity index is 1.15. The minimum absolute atomic E-state index is 0.204. The number of carbonyl (C=O) groups is 2. The predicted molar refractivity (Wildman–Crippen MR) is 116 cm³/mol. The number of hydrogen-bond acceptors (Lipinski definition) is 7. The van der Waals surface area contributed by atoms with Gasteiger partial charge in [0.15, 0.2) is 23.9 Å². The zero-order valence-electron chi connectivity index (χ0n) is 19.3. The van der Waals surface area contributed by atoms with Gasteiger partial charge in [0, 0.05) is 44.2 Å². The summed E-state index contributed by atoms with van der Waals surface area (Å²) in [5, 5.41) is 15.0. The molecule has 3 aromatic rings. The fourth-order valence-electron chi connectivity index (χ4n) is 4.25. The highest BCUT2D eigenvalue weighted by molar-refractivity contribution is 5.92. The fraction of sp³-hybridized carbons (Fsp3) is 0.409. The van der Waals surface area contributed by atoms with Crippen LogP contribution in [0.1, 0.15) is 27.6 Å². The van der Waals surface area contributed by atoms with Crippen molar-refractivity contribution in [1.82, 2.24) is 35.0 Å². The molecule has 2 aliphatic heterocycles. The van der Waals surface area contributed by atoms with E-state index in [0.717, 1.165) is 29.2 Å². The molecule has 0 unspecified atom stereocenters. The molecule has 0 bridgehead atoms. The van der Waals surface area contributed by atoms with E-state index in [1.807, 2.05) is 0 Å². The lowest BCUT2D eigenvalue weighted by Gasteiger charge is -2.24. The summed E-state index contributed by atoms with van der Waals surface area (Å²) >= 11 is 0. The summed E-state index contributed by atoms with van der Waals surface area (Å²) in [6.07, 6.45) is -3.87. The standard InChI is InChI=1S/C22H21F4N7O4/c23-15-10-14(37-22(24,25)26)1-2-19(15)36-12-20(34)31-5-3-13-9-17(29-33(13)8-7-31)21(35)32-6-4-16-18(11-32)28-30-27-16/h1-2,9-10H,3-8,11-12H2,(H,27,28,30). The van der Waals surface area contributed by atoms with E-state index in [0.29, 0.717) is 50.8 Å². The molecule has 2 aromatic heterocycles. The molecule has 0 saturated carbocycles. The molecule has 0 radical (unpaired) electrons. The Hall–Kier alpha value is -4.17. The van der Waals surface area contributed by atoms with E-state index >= 15 is 0 Å². The van der Waals surface area contributed by atoms with Gasteiger partial charge in [-0.2, -0.15) is 5.10 Å². The summed E-state index contributed by atoms with van der Waals surface area (Å²) in [6.45, 7) is 1.35. The molecule has 0 aliphatic carbocycles. The van der Waals surface area contributed by atoms with Crippen LogP contribution in [0, 0.1) is 5.82 Å². The second kappa shape index (κ2) is 9.71. The van der Waals surface area contributed by atoms with Crippen LogP contribution in [0.4, 0.5) is 17.6 Å². The van der Waals surface area contributed by atoms with Crippen molar-refractivity contribution in [1.29, 1.82) is 0 Å². The number of nitrogens with zero attached hydrogens (tertiary/aromatic N) is 6. The number of carbonyl (C=O) groups excluding carboxylic acids is 2. The molecule has 0 spiro atoms. The number of fused-ring (bicyclic) bond motifs is 2. The van der Waals surface area contributed by atoms with Crippen molar-refractivity contribution in [2.75, 3.05) is 26.2 Å². The van der Waals surface area contributed by atoms with Gasteiger partial charge >= 0.3 is 6.36 Å². The first-order valence-electron chi connectivity index (χ1n) is 11.4. The fourth-order valence-corrected chi connectivity index (χ4v) is 4.25. The highest BCUT2D eigenvalue weighted by Gasteiger charge is 2.31. The number of nitrogens with one attached hydrogen (secondary N) is 1. The number of aromatic nitrogens is 5. The summed E-state index contributed by atoms with van der Waals surface area (Å²) in [5.74, 6) is -2.81. The van der Waals surface area contributed by atoms with Crippen molar-refractivity contribution in [2.24, 2.45) is 0 Å². The number of rotatable bonds is 5. The lowest BCUT2D eigenvalue weighted by atomic mass is 10.1. The summed E-state index contributed by atoms with van der Waals surface area (Å²) < 4.78 is 61.4. The second-order valence-electron chi connectivity index (χ2n) is 8.52. The molecule has 37 heavy (non-hydrogen) atoms. The Morgan fingerprint density at radius 3 is 2.65 bits per heavy atom. The Morgan fingerprint density at radius 2 is 1.86 bits per heavy atom. The monoisotopic (exact) mass is 523 g/mol. The van der Waals surface area contributed by atoms with Crippen LogP contribution in [0.3, 0.4) is 0 Å². The van der Waals surface area contributed by atoms with Gasteiger partial charge in [-0.25, -0.2) is 4.39 Å². The molecule has 11 nitrogen and oxygen atoms in total. The van der Waals surface area contributed by atoms with Gasteiger partial charge in [0.2, 0.25) is 0 Å². The van der Waals surface area contributed by atoms with E-state index in [2.05, 4.69) is 25.2 Å². The van der Waals surface area contributed by atoms with Crippen molar-refractivity contribution in [2.45, 2.75) is 32.3 Å². The van der Waals surface area contributed by atoms with E-state index in [-0.39, 0.29) is 18.2 Å². The molecule has 2 aliphatic rings. The Morgan fingerprint density at radius 1 is 1.05 bits per heavy atom. The number of halogens is 4.